The molecule has 1 N–H and O–H groups in total. The van der Waals surface area contributed by atoms with Crippen molar-refractivity contribution in [2.75, 3.05) is 11.4 Å². The van der Waals surface area contributed by atoms with Crippen LogP contribution in [-0.2, 0) is 13.0 Å². The molecule has 0 saturated heterocycles. The Balaban J connectivity index is 2.14. The van der Waals surface area contributed by atoms with Crippen molar-refractivity contribution < 1.29 is 5.11 Å². The molecule has 3 rings (SSSR count). The van der Waals surface area contributed by atoms with Crippen LogP contribution in [0.25, 0.3) is 0 Å². The van der Waals surface area contributed by atoms with E-state index >= 15 is 0 Å². The highest BCUT2D eigenvalue weighted by Crippen LogP contribution is 2.36. The Morgan fingerprint density at radius 3 is 2.84 bits per heavy atom. The first-order valence-electron chi connectivity index (χ1n) is 6.64. The number of benzene rings is 1. The average molecular weight is 254 g/mol. The Bertz CT molecular complexity index is 622. The van der Waals surface area contributed by atoms with Gasteiger partial charge in [0, 0.05) is 23.5 Å². The number of fused-ring (bicyclic) bond motifs is 1. The van der Waals surface area contributed by atoms with Crippen molar-refractivity contribution in [3.8, 4) is 0 Å². The fraction of sp³-hybridized carbons (Fsp3) is 0.312. The van der Waals surface area contributed by atoms with E-state index in [0.717, 1.165) is 35.6 Å². The summed E-state index contributed by atoms with van der Waals surface area (Å²) in [4.78, 5) is 6.87. The second-order valence-corrected chi connectivity index (χ2v) is 5.07. The zero-order valence-corrected chi connectivity index (χ0v) is 11.3. The molecule has 1 aromatic carbocycles. The number of aliphatic hydroxyl groups excluding tert-OH is 1. The number of aryl methyl sites for hydroxylation is 2. The van der Waals surface area contributed by atoms with E-state index in [1.165, 1.54) is 11.3 Å². The lowest BCUT2D eigenvalue weighted by atomic mass is 10.1. The van der Waals surface area contributed by atoms with Gasteiger partial charge in [-0.2, -0.15) is 0 Å². The zero-order chi connectivity index (χ0) is 13.4. The SMILES string of the molecule is Cc1cc(C)c(CO)c(N2CCc3ccccc32)n1. The number of nitrogens with zero attached hydrogens (tertiary/aromatic N) is 2. The van der Waals surface area contributed by atoms with Gasteiger partial charge < -0.3 is 10.0 Å². The van der Waals surface area contributed by atoms with Crippen molar-refractivity contribution in [1.82, 2.24) is 4.98 Å². The van der Waals surface area contributed by atoms with E-state index < -0.39 is 0 Å². The minimum absolute atomic E-state index is 0.0348. The van der Waals surface area contributed by atoms with E-state index in [4.69, 9.17) is 0 Å². The molecule has 0 unspecified atom stereocenters. The van der Waals surface area contributed by atoms with Gasteiger partial charge in [-0.05, 0) is 43.5 Å². The van der Waals surface area contributed by atoms with Gasteiger partial charge in [-0.15, -0.1) is 0 Å². The maximum absolute atomic E-state index is 9.63. The van der Waals surface area contributed by atoms with Crippen LogP contribution in [0.5, 0.6) is 0 Å². The van der Waals surface area contributed by atoms with Crippen molar-refractivity contribution >= 4 is 11.5 Å². The Morgan fingerprint density at radius 1 is 1.26 bits per heavy atom. The first-order valence-corrected chi connectivity index (χ1v) is 6.64. The van der Waals surface area contributed by atoms with Crippen LogP contribution < -0.4 is 4.90 Å². The predicted molar refractivity (Wildman–Crippen MR) is 76.8 cm³/mol. The molecule has 0 bridgehead atoms. The molecule has 1 aromatic heterocycles. The topological polar surface area (TPSA) is 36.4 Å². The summed E-state index contributed by atoms with van der Waals surface area (Å²) >= 11 is 0. The van der Waals surface area contributed by atoms with Crippen LogP contribution in [0.15, 0.2) is 30.3 Å². The highest BCUT2D eigenvalue weighted by Gasteiger charge is 2.23. The molecule has 1 aliphatic heterocycles. The summed E-state index contributed by atoms with van der Waals surface area (Å²) in [5.41, 5.74) is 5.60. The number of hydrogen-bond acceptors (Lipinski definition) is 3. The molecule has 0 spiro atoms. The first-order chi connectivity index (χ1) is 9.20. The van der Waals surface area contributed by atoms with Crippen LogP contribution in [0.2, 0.25) is 0 Å². The van der Waals surface area contributed by atoms with E-state index in [1.807, 2.05) is 19.9 Å². The van der Waals surface area contributed by atoms with Crippen molar-refractivity contribution in [2.45, 2.75) is 26.9 Å². The standard InChI is InChI=1S/C16H18N2O/c1-11-9-12(2)17-16(14(11)10-19)18-8-7-13-5-3-4-6-15(13)18/h3-6,9,19H,7-8,10H2,1-2H3. The minimum Gasteiger partial charge on any atom is -0.392 e. The number of pyridine rings is 1. The maximum atomic E-state index is 9.63. The summed E-state index contributed by atoms with van der Waals surface area (Å²) < 4.78 is 0. The fourth-order valence-corrected chi connectivity index (χ4v) is 2.82. The molecule has 0 radical (unpaired) electrons. The van der Waals surface area contributed by atoms with Crippen LogP contribution in [0.3, 0.4) is 0 Å². The summed E-state index contributed by atoms with van der Waals surface area (Å²) in [5.74, 6) is 0.907. The van der Waals surface area contributed by atoms with Crippen molar-refractivity contribution in [1.29, 1.82) is 0 Å². The number of rotatable bonds is 2. The van der Waals surface area contributed by atoms with E-state index in [0.29, 0.717) is 0 Å². The van der Waals surface area contributed by atoms with Gasteiger partial charge in [0.05, 0.1) is 6.61 Å². The molecule has 0 saturated carbocycles. The lowest BCUT2D eigenvalue weighted by molar-refractivity contribution is 0.281. The lowest BCUT2D eigenvalue weighted by Gasteiger charge is -2.22. The zero-order valence-electron chi connectivity index (χ0n) is 11.3. The van der Waals surface area contributed by atoms with Crippen molar-refractivity contribution in [3.05, 3.63) is 52.7 Å². The number of anilines is 2. The summed E-state index contributed by atoms with van der Waals surface area (Å²) in [6, 6.07) is 10.4. The predicted octanol–water partition coefficient (Wildman–Crippen LogP) is 2.88. The Labute approximate surface area is 113 Å². The highest BCUT2D eigenvalue weighted by molar-refractivity contribution is 5.70. The van der Waals surface area contributed by atoms with Crippen LogP contribution >= 0.6 is 0 Å². The second kappa shape index (κ2) is 4.67. The Hall–Kier alpha value is -1.87. The number of aliphatic hydroxyl groups is 1. The molecule has 3 heteroatoms. The normalized spacial score (nSPS) is 13.7. The monoisotopic (exact) mass is 254 g/mol. The molecule has 0 aliphatic carbocycles. The number of aromatic nitrogens is 1. The number of para-hydroxylation sites is 1. The lowest BCUT2D eigenvalue weighted by Crippen LogP contribution is -2.18. The molecule has 2 heterocycles. The molecule has 2 aromatic rings. The molecule has 98 valence electrons. The molecule has 0 amide bonds. The third-order valence-electron chi connectivity index (χ3n) is 3.75. The highest BCUT2D eigenvalue weighted by atomic mass is 16.3. The fourth-order valence-electron chi connectivity index (χ4n) is 2.82. The van der Waals surface area contributed by atoms with Crippen LogP contribution in [0.4, 0.5) is 11.5 Å². The Kier molecular flexibility index (Phi) is 2.99. The molecule has 0 atom stereocenters. The number of hydrogen-bond donors (Lipinski definition) is 1. The summed E-state index contributed by atoms with van der Waals surface area (Å²) in [5, 5.41) is 9.63. The average Bonchev–Trinajstić information content (AvgIpc) is 2.81. The summed E-state index contributed by atoms with van der Waals surface area (Å²) in [7, 11) is 0. The van der Waals surface area contributed by atoms with Crippen LogP contribution in [-0.4, -0.2) is 16.6 Å². The third kappa shape index (κ3) is 2.00. The van der Waals surface area contributed by atoms with Gasteiger partial charge in [-0.3, -0.25) is 0 Å². The molecule has 1 aliphatic rings. The van der Waals surface area contributed by atoms with Gasteiger partial charge in [-0.1, -0.05) is 18.2 Å². The van der Waals surface area contributed by atoms with Gasteiger partial charge in [0.15, 0.2) is 0 Å². The van der Waals surface area contributed by atoms with E-state index in [1.54, 1.807) is 0 Å². The minimum atomic E-state index is 0.0348. The quantitative estimate of drug-likeness (QED) is 0.895. The first kappa shape index (κ1) is 12.2. The Morgan fingerprint density at radius 2 is 2.05 bits per heavy atom. The molecule has 3 nitrogen and oxygen atoms in total. The molecular weight excluding hydrogens is 236 g/mol. The molecule has 19 heavy (non-hydrogen) atoms. The molecule has 0 fully saturated rings. The second-order valence-electron chi connectivity index (χ2n) is 5.07. The maximum Gasteiger partial charge on any atom is 0.139 e. The molecular formula is C16H18N2O. The van der Waals surface area contributed by atoms with Gasteiger partial charge in [0.1, 0.15) is 5.82 Å². The van der Waals surface area contributed by atoms with Crippen LogP contribution in [0.1, 0.15) is 22.4 Å². The van der Waals surface area contributed by atoms with Gasteiger partial charge in [-0.25, -0.2) is 4.98 Å². The van der Waals surface area contributed by atoms with E-state index in [-0.39, 0.29) is 6.61 Å². The van der Waals surface area contributed by atoms with Gasteiger partial charge >= 0.3 is 0 Å². The summed E-state index contributed by atoms with van der Waals surface area (Å²) in [6.45, 7) is 5.00. The van der Waals surface area contributed by atoms with E-state index in [2.05, 4.69) is 34.1 Å². The van der Waals surface area contributed by atoms with E-state index in [9.17, 15) is 5.11 Å². The van der Waals surface area contributed by atoms with Crippen LogP contribution in [0, 0.1) is 13.8 Å². The third-order valence-corrected chi connectivity index (χ3v) is 3.75. The smallest absolute Gasteiger partial charge is 0.139 e. The van der Waals surface area contributed by atoms with Gasteiger partial charge in [0.2, 0.25) is 0 Å². The van der Waals surface area contributed by atoms with Crippen molar-refractivity contribution in [2.24, 2.45) is 0 Å². The van der Waals surface area contributed by atoms with Gasteiger partial charge in [0.25, 0.3) is 0 Å². The van der Waals surface area contributed by atoms with Crippen molar-refractivity contribution in [3.63, 3.8) is 0 Å². The largest absolute Gasteiger partial charge is 0.392 e. The summed E-state index contributed by atoms with van der Waals surface area (Å²) in [6.07, 6.45) is 1.04.